The molecule has 1 atom stereocenters. The largest absolute Gasteiger partial charge is 0.493 e. The zero-order chi connectivity index (χ0) is 15.5. The standard InChI is InChI=1S/C15H24N2O3S/c1-12(2)11-20-14-4-6-15(7-5-14)21(18,19)17(3)13-8-9-16-10-13/h4-7,12-13,16H,8-11H2,1-3H3. The molecule has 0 saturated carbocycles. The maximum Gasteiger partial charge on any atom is 0.243 e. The molecule has 0 aliphatic carbocycles. The summed E-state index contributed by atoms with van der Waals surface area (Å²) in [6.45, 7) is 6.35. The molecule has 1 saturated heterocycles. The quantitative estimate of drug-likeness (QED) is 0.869. The van der Waals surface area contributed by atoms with Gasteiger partial charge < -0.3 is 10.1 Å². The first-order valence-electron chi connectivity index (χ1n) is 7.33. The van der Waals surface area contributed by atoms with Crippen LogP contribution in [-0.2, 0) is 10.0 Å². The number of hydrogen-bond donors (Lipinski definition) is 1. The number of hydrogen-bond acceptors (Lipinski definition) is 4. The van der Waals surface area contributed by atoms with E-state index in [-0.39, 0.29) is 6.04 Å². The lowest BCUT2D eigenvalue weighted by molar-refractivity contribution is 0.271. The number of benzene rings is 1. The van der Waals surface area contributed by atoms with E-state index in [0.717, 1.165) is 13.0 Å². The van der Waals surface area contributed by atoms with Gasteiger partial charge >= 0.3 is 0 Å². The fourth-order valence-electron chi connectivity index (χ4n) is 2.28. The second-order valence-electron chi connectivity index (χ2n) is 5.84. The molecule has 1 N–H and O–H groups in total. The second kappa shape index (κ2) is 6.77. The minimum atomic E-state index is -3.43. The molecule has 1 aliphatic heterocycles. The fraction of sp³-hybridized carbons (Fsp3) is 0.600. The highest BCUT2D eigenvalue weighted by molar-refractivity contribution is 7.89. The molecule has 0 radical (unpaired) electrons. The molecule has 1 fully saturated rings. The van der Waals surface area contributed by atoms with E-state index >= 15 is 0 Å². The molecular weight excluding hydrogens is 288 g/mol. The summed E-state index contributed by atoms with van der Waals surface area (Å²) in [6.07, 6.45) is 0.852. The predicted molar refractivity (Wildman–Crippen MR) is 83.0 cm³/mol. The van der Waals surface area contributed by atoms with Gasteiger partial charge in [-0.05, 0) is 43.1 Å². The highest BCUT2D eigenvalue weighted by Gasteiger charge is 2.29. The molecule has 6 heteroatoms. The van der Waals surface area contributed by atoms with Crippen molar-refractivity contribution in [3.63, 3.8) is 0 Å². The summed E-state index contributed by atoms with van der Waals surface area (Å²) in [5, 5.41) is 3.19. The van der Waals surface area contributed by atoms with Gasteiger partial charge in [-0.25, -0.2) is 8.42 Å². The van der Waals surface area contributed by atoms with Crippen molar-refractivity contribution in [2.45, 2.75) is 31.2 Å². The van der Waals surface area contributed by atoms with Crippen LogP contribution < -0.4 is 10.1 Å². The molecule has 1 aromatic carbocycles. The molecule has 0 aromatic heterocycles. The van der Waals surface area contributed by atoms with E-state index in [9.17, 15) is 8.42 Å². The van der Waals surface area contributed by atoms with Crippen molar-refractivity contribution in [3.05, 3.63) is 24.3 Å². The maximum atomic E-state index is 12.6. The summed E-state index contributed by atoms with van der Waals surface area (Å²) in [5.41, 5.74) is 0. The van der Waals surface area contributed by atoms with Crippen LogP contribution in [0.3, 0.4) is 0 Å². The van der Waals surface area contributed by atoms with Crippen LogP contribution in [0.5, 0.6) is 5.75 Å². The molecule has 0 amide bonds. The van der Waals surface area contributed by atoms with Gasteiger partial charge in [0.2, 0.25) is 10.0 Å². The molecule has 1 heterocycles. The number of rotatable bonds is 6. The Morgan fingerprint density at radius 1 is 1.33 bits per heavy atom. The van der Waals surface area contributed by atoms with Crippen LogP contribution in [0.15, 0.2) is 29.2 Å². The lowest BCUT2D eigenvalue weighted by Gasteiger charge is -2.23. The maximum absolute atomic E-state index is 12.6. The Labute approximate surface area is 127 Å². The van der Waals surface area contributed by atoms with Crippen molar-refractivity contribution in [2.75, 3.05) is 26.7 Å². The summed E-state index contributed by atoms with van der Waals surface area (Å²) in [7, 11) is -1.78. The van der Waals surface area contributed by atoms with Gasteiger partial charge in [-0.3, -0.25) is 0 Å². The summed E-state index contributed by atoms with van der Waals surface area (Å²) in [5.74, 6) is 1.14. The average molecular weight is 312 g/mol. The third kappa shape index (κ3) is 3.96. The fourth-order valence-corrected chi connectivity index (χ4v) is 3.67. The van der Waals surface area contributed by atoms with E-state index in [0.29, 0.717) is 29.7 Å². The summed E-state index contributed by atoms with van der Waals surface area (Å²) >= 11 is 0. The molecule has 1 aromatic rings. The second-order valence-corrected chi connectivity index (χ2v) is 7.84. The Kier molecular flexibility index (Phi) is 5.24. The van der Waals surface area contributed by atoms with Gasteiger partial charge in [-0.2, -0.15) is 4.31 Å². The van der Waals surface area contributed by atoms with Crippen LogP contribution in [0.25, 0.3) is 0 Å². The van der Waals surface area contributed by atoms with Crippen LogP contribution in [0.4, 0.5) is 0 Å². The van der Waals surface area contributed by atoms with E-state index in [1.54, 1.807) is 31.3 Å². The molecule has 5 nitrogen and oxygen atoms in total. The molecule has 0 bridgehead atoms. The topological polar surface area (TPSA) is 58.6 Å². The van der Waals surface area contributed by atoms with Crippen LogP contribution in [0, 0.1) is 5.92 Å². The Balaban J connectivity index is 2.09. The summed E-state index contributed by atoms with van der Waals surface area (Å²) < 4.78 is 32.2. The number of ether oxygens (including phenoxy) is 1. The van der Waals surface area contributed by atoms with Crippen LogP contribution in [0.2, 0.25) is 0 Å². The van der Waals surface area contributed by atoms with Gasteiger partial charge in [-0.1, -0.05) is 13.8 Å². The molecular formula is C15H24N2O3S. The number of sulfonamides is 1. The molecule has 21 heavy (non-hydrogen) atoms. The molecule has 0 spiro atoms. The monoisotopic (exact) mass is 312 g/mol. The lowest BCUT2D eigenvalue weighted by atomic mass is 10.2. The third-order valence-corrected chi connectivity index (χ3v) is 5.56. The van der Waals surface area contributed by atoms with Gasteiger partial charge in [0.15, 0.2) is 0 Å². The van der Waals surface area contributed by atoms with E-state index in [4.69, 9.17) is 4.74 Å². The van der Waals surface area contributed by atoms with E-state index < -0.39 is 10.0 Å². The van der Waals surface area contributed by atoms with Crippen molar-refractivity contribution in [1.29, 1.82) is 0 Å². The van der Waals surface area contributed by atoms with Gasteiger partial charge in [0.05, 0.1) is 11.5 Å². The first-order chi connectivity index (χ1) is 9.91. The van der Waals surface area contributed by atoms with Crippen molar-refractivity contribution >= 4 is 10.0 Å². The first-order valence-corrected chi connectivity index (χ1v) is 8.77. The average Bonchev–Trinajstić information content (AvgIpc) is 2.98. The number of likely N-dealkylation sites (N-methyl/N-ethyl adjacent to an activating group) is 1. The molecule has 2 rings (SSSR count). The van der Waals surface area contributed by atoms with Crippen molar-refractivity contribution < 1.29 is 13.2 Å². The minimum Gasteiger partial charge on any atom is -0.493 e. The van der Waals surface area contributed by atoms with Crippen molar-refractivity contribution in [2.24, 2.45) is 5.92 Å². The number of nitrogens with zero attached hydrogens (tertiary/aromatic N) is 1. The molecule has 118 valence electrons. The normalized spacial score (nSPS) is 19.4. The van der Waals surface area contributed by atoms with Gasteiger partial charge in [0, 0.05) is 19.6 Å². The molecule has 1 aliphatic rings. The van der Waals surface area contributed by atoms with E-state index in [1.807, 2.05) is 0 Å². The summed E-state index contributed by atoms with van der Waals surface area (Å²) in [4.78, 5) is 0.314. The highest BCUT2D eigenvalue weighted by atomic mass is 32.2. The minimum absolute atomic E-state index is 0.0341. The lowest BCUT2D eigenvalue weighted by Crippen LogP contribution is -2.38. The van der Waals surface area contributed by atoms with E-state index in [1.165, 1.54) is 4.31 Å². The molecule has 1 unspecified atom stereocenters. The zero-order valence-corrected chi connectivity index (χ0v) is 13.7. The first kappa shape index (κ1) is 16.3. The number of nitrogens with one attached hydrogen (secondary N) is 1. The SMILES string of the molecule is CC(C)COc1ccc(S(=O)(=O)N(C)C2CCNC2)cc1. The third-order valence-electron chi connectivity index (χ3n) is 3.63. The van der Waals surface area contributed by atoms with Crippen molar-refractivity contribution in [1.82, 2.24) is 9.62 Å². The Morgan fingerprint density at radius 2 is 2.00 bits per heavy atom. The highest BCUT2D eigenvalue weighted by Crippen LogP contribution is 2.22. The van der Waals surface area contributed by atoms with Crippen molar-refractivity contribution in [3.8, 4) is 5.75 Å². The van der Waals surface area contributed by atoms with Crippen LogP contribution in [0.1, 0.15) is 20.3 Å². The Bertz CT molecular complexity index is 549. The zero-order valence-electron chi connectivity index (χ0n) is 12.9. The Hall–Kier alpha value is -1.11. The van der Waals surface area contributed by atoms with Gasteiger partial charge in [-0.15, -0.1) is 0 Å². The van der Waals surface area contributed by atoms with Crippen LogP contribution >= 0.6 is 0 Å². The van der Waals surface area contributed by atoms with Crippen LogP contribution in [-0.4, -0.2) is 45.5 Å². The predicted octanol–water partition coefficient (Wildman–Crippen LogP) is 1.70. The van der Waals surface area contributed by atoms with Gasteiger partial charge in [0.1, 0.15) is 5.75 Å². The Morgan fingerprint density at radius 3 is 2.52 bits per heavy atom. The van der Waals surface area contributed by atoms with E-state index in [2.05, 4.69) is 19.2 Å². The van der Waals surface area contributed by atoms with Gasteiger partial charge in [0.25, 0.3) is 0 Å². The smallest absolute Gasteiger partial charge is 0.243 e. The summed E-state index contributed by atoms with van der Waals surface area (Å²) in [6, 6.07) is 6.70.